The number of aryl methyl sites for hydroxylation is 1. The first kappa shape index (κ1) is 21.2. The Labute approximate surface area is 193 Å². The summed E-state index contributed by atoms with van der Waals surface area (Å²) in [5, 5.41) is 9.26. The summed E-state index contributed by atoms with van der Waals surface area (Å²) in [5.41, 5.74) is 1.74. The van der Waals surface area contributed by atoms with Crippen molar-refractivity contribution in [3.05, 3.63) is 59.8 Å². The van der Waals surface area contributed by atoms with Gasteiger partial charge in [0.15, 0.2) is 5.65 Å². The van der Waals surface area contributed by atoms with Crippen molar-refractivity contribution in [1.29, 1.82) is 0 Å². The predicted molar refractivity (Wildman–Crippen MR) is 121 cm³/mol. The van der Waals surface area contributed by atoms with Gasteiger partial charge in [0.2, 0.25) is 0 Å². The largest absolute Gasteiger partial charge is 0.416 e. The Bertz CT molecular complexity index is 1410. The summed E-state index contributed by atoms with van der Waals surface area (Å²) >= 11 is 0. The second-order valence-electron chi connectivity index (χ2n) is 9.37. The molecule has 1 spiro atoms. The predicted octanol–water partition coefficient (Wildman–Crippen LogP) is 4.98. The second kappa shape index (κ2) is 7.33. The summed E-state index contributed by atoms with van der Waals surface area (Å²) in [5.74, 6) is -0.161. The number of alkyl halides is 3. The molecule has 1 aliphatic carbocycles. The molecule has 1 amide bonds. The lowest BCUT2D eigenvalue weighted by Crippen LogP contribution is -2.39. The van der Waals surface area contributed by atoms with Crippen LogP contribution in [0, 0.1) is 0 Å². The average molecular weight is 468 g/mol. The number of hydrogen-bond donors (Lipinski definition) is 1. The number of rotatable bonds is 3. The molecule has 3 heterocycles. The molecule has 9 heteroatoms. The molecule has 2 aliphatic rings. The lowest BCUT2D eigenvalue weighted by molar-refractivity contribution is -0.137. The van der Waals surface area contributed by atoms with Crippen LogP contribution < -0.4 is 5.32 Å². The van der Waals surface area contributed by atoms with Crippen molar-refractivity contribution in [3.8, 4) is 5.69 Å². The Morgan fingerprint density at radius 2 is 1.91 bits per heavy atom. The molecule has 2 fully saturated rings. The van der Waals surface area contributed by atoms with Gasteiger partial charge in [0.05, 0.1) is 29.3 Å². The number of halogens is 3. The molecule has 0 bridgehead atoms. The maximum Gasteiger partial charge on any atom is 0.416 e. The van der Waals surface area contributed by atoms with E-state index in [0.717, 1.165) is 47.7 Å². The van der Waals surface area contributed by atoms with E-state index < -0.39 is 11.7 Å². The number of nitrogens with zero attached hydrogens (tertiary/aromatic N) is 3. The van der Waals surface area contributed by atoms with Gasteiger partial charge >= 0.3 is 6.18 Å². The van der Waals surface area contributed by atoms with E-state index in [-0.39, 0.29) is 17.6 Å². The number of nitrogens with one attached hydrogen (secondary N) is 1. The SMILES string of the molecule is Cn1cc2c3cc(C(=O)NC4COC5(CCC5)C4)ccc3n(-c3ccc(C(F)(F)F)cc3)c2n1. The maximum atomic E-state index is 13.0. The summed E-state index contributed by atoms with van der Waals surface area (Å²) in [7, 11) is 1.79. The molecule has 1 unspecified atom stereocenters. The molecule has 1 saturated carbocycles. The minimum absolute atomic E-state index is 0.00125. The van der Waals surface area contributed by atoms with Gasteiger partial charge in [-0.1, -0.05) is 0 Å². The van der Waals surface area contributed by atoms with Gasteiger partial charge in [-0.2, -0.15) is 18.3 Å². The van der Waals surface area contributed by atoms with Crippen molar-refractivity contribution in [2.24, 2.45) is 7.05 Å². The van der Waals surface area contributed by atoms with Crippen LogP contribution in [0.4, 0.5) is 13.2 Å². The molecule has 1 atom stereocenters. The zero-order valence-corrected chi connectivity index (χ0v) is 18.5. The standard InChI is InChI=1S/C25H23F3N4O2/c1-31-13-20-19-11-15(23(33)29-17-12-24(34-14-17)9-2-10-24)3-8-21(19)32(22(20)30-31)18-6-4-16(5-7-18)25(26,27)28/h3-8,11,13,17H,2,9-10,12,14H2,1H3,(H,29,33). The number of carbonyl (C=O) groups excluding carboxylic acids is 1. The molecular weight excluding hydrogens is 445 g/mol. The Balaban J connectivity index is 1.36. The molecule has 34 heavy (non-hydrogen) atoms. The smallest absolute Gasteiger partial charge is 0.373 e. The zero-order chi connectivity index (χ0) is 23.7. The third kappa shape index (κ3) is 3.37. The van der Waals surface area contributed by atoms with E-state index in [9.17, 15) is 18.0 Å². The molecule has 1 N–H and O–H groups in total. The number of benzene rings is 2. The highest BCUT2D eigenvalue weighted by Gasteiger charge is 2.45. The minimum atomic E-state index is -4.40. The van der Waals surface area contributed by atoms with Gasteiger partial charge in [0, 0.05) is 35.3 Å². The number of fused-ring (bicyclic) bond motifs is 3. The molecule has 176 valence electrons. The van der Waals surface area contributed by atoms with Gasteiger partial charge in [-0.25, -0.2) is 0 Å². The van der Waals surface area contributed by atoms with E-state index in [4.69, 9.17) is 4.74 Å². The molecule has 6 rings (SSSR count). The molecule has 4 aromatic rings. The molecule has 2 aromatic heterocycles. The summed E-state index contributed by atoms with van der Waals surface area (Å²) in [6.45, 7) is 0.533. The van der Waals surface area contributed by atoms with Gasteiger partial charge in [-0.3, -0.25) is 14.0 Å². The monoisotopic (exact) mass is 468 g/mol. The quantitative estimate of drug-likeness (QED) is 0.462. The molecular formula is C25H23F3N4O2. The lowest BCUT2D eigenvalue weighted by atomic mass is 9.77. The van der Waals surface area contributed by atoms with Crippen LogP contribution >= 0.6 is 0 Å². The fourth-order valence-corrected chi connectivity index (χ4v) is 5.22. The molecule has 6 nitrogen and oxygen atoms in total. The number of ether oxygens (including phenoxy) is 1. The van der Waals surface area contributed by atoms with Crippen molar-refractivity contribution in [2.45, 2.75) is 43.5 Å². The first-order chi connectivity index (χ1) is 16.2. The topological polar surface area (TPSA) is 61.1 Å². The van der Waals surface area contributed by atoms with Crippen molar-refractivity contribution in [1.82, 2.24) is 19.7 Å². The average Bonchev–Trinajstić information content (AvgIpc) is 3.44. The van der Waals surface area contributed by atoms with Crippen LogP contribution in [0.15, 0.2) is 48.7 Å². The summed E-state index contributed by atoms with van der Waals surface area (Å²) in [4.78, 5) is 13.0. The van der Waals surface area contributed by atoms with E-state index in [2.05, 4.69) is 10.4 Å². The number of aromatic nitrogens is 3. The van der Waals surface area contributed by atoms with Crippen molar-refractivity contribution in [3.63, 3.8) is 0 Å². The van der Waals surface area contributed by atoms with E-state index in [1.165, 1.54) is 18.6 Å². The molecule has 0 radical (unpaired) electrons. The van der Waals surface area contributed by atoms with Crippen LogP contribution in [0.2, 0.25) is 0 Å². The van der Waals surface area contributed by atoms with Gasteiger partial charge < -0.3 is 10.1 Å². The number of carbonyl (C=O) groups is 1. The maximum absolute atomic E-state index is 13.0. The fourth-order valence-electron chi connectivity index (χ4n) is 5.22. The normalized spacial score (nSPS) is 19.7. The Morgan fingerprint density at radius 1 is 1.15 bits per heavy atom. The van der Waals surface area contributed by atoms with Crippen molar-refractivity contribution < 1.29 is 22.7 Å². The Hall–Kier alpha value is -3.33. The van der Waals surface area contributed by atoms with Gasteiger partial charge in [0.25, 0.3) is 5.91 Å². The highest BCUT2D eigenvalue weighted by molar-refractivity contribution is 6.10. The van der Waals surface area contributed by atoms with Crippen LogP contribution in [0.3, 0.4) is 0 Å². The lowest BCUT2D eigenvalue weighted by Gasteiger charge is -2.37. The van der Waals surface area contributed by atoms with Crippen LogP contribution in [0.5, 0.6) is 0 Å². The van der Waals surface area contributed by atoms with Gasteiger partial charge in [-0.15, -0.1) is 0 Å². The first-order valence-corrected chi connectivity index (χ1v) is 11.3. The summed E-state index contributed by atoms with van der Waals surface area (Å²) in [6, 6.07) is 10.4. The van der Waals surface area contributed by atoms with Crippen LogP contribution in [0.25, 0.3) is 27.6 Å². The summed E-state index contributed by atoms with van der Waals surface area (Å²) in [6.07, 6.45) is 1.59. The zero-order valence-electron chi connectivity index (χ0n) is 18.5. The minimum Gasteiger partial charge on any atom is -0.373 e. The van der Waals surface area contributed by atoms with Crippen molar-refractivity contribution in [2.75, 3.05) is 6.61 Å². The Kier molecular flexibility index (Phi) is 4.58. The highest BCUT2D eigenvalue weighted by Crippen LogP contribution is 2.43. The summed E-state index contributed by atoms with van der Waals surface area (Å²) < 4.78 is 48.5. The van der Waals surface area contributed by atoms with E-state index in [1.807, 2.05) is 22.9 Å². The highest BCUT2D eigenvalue weighted by atomic mass is 19.4. The van der Waals surface area contributed by atoms with E-state index in [0.29, 0.717) is 23.5 Å². The van der Waals surface area contributed by atoms with Crippen LogP contribution in [0.1, 0.15) is 41.6 Å². The third-order valence-corrected chi connectivity index (χ3v) is 7.07. The second-order valence-corrected chi connectivity index (χ2v) is 9.37. The van der Waals surface area contributed by atoms with E-state index in [1.54, 1.807) is 17.8 Å². The molecule has 2 aromatic carbocycles. The van der Waals surface area contributed by atoms with Gasteiger partial charge in [0.1, 0.15) is 0 Å². The number of hydrogen-bond acceptors (Lipinski definition) is 3. The third-order valence-electron chi connectivity index (χ3n) is 7.07. The van der Waals surface area contributed by atoms with Gasteiger partial charge in [-0.05, 0) is 68.1 Å². The van der Waals surface area contributed by atoms with Crippen LogP contribution in [-0.4, -0.2) is 38.5 Å². The van der Waals surface area contributed by atoms with Crippen LogP contribution in [-0.2, 0) is 18.0 Å². The van der Waals surface area contributed by atoms with E-state index >= 15 is 0 Å². The molecule has 1 aliphatic heterocycles. The molecule has 1 saturated heterocycles. The fraction of sp³-hybridized carbons (Fsp3) is 0.360. The first-order valence-electron chi connectivity index (χ1n) is 11.3. The Morgan fingerprint density at radius 3 is 2.56 bits per heavy atom. The van der Waals surface area contributed by atoms with Crippen molar-refractivity contribution >= 4 is 27.8 Å². The number of amides is 1.